The molecule has 2 rings (SSSR count). The summed E-state index contributed by atoms with van der Waals surface area (Å²) in [6.07, 6.45) is 2.19. The van der Waals surface area contributed by atoms with Crippen LogP contribution in [0.15, 0.2) is 18.2 Å². The maximum atomic E-state index is 13.2. The van der Waals surface area contributed by atoms with E-state index in [-0.39, 0.29) is 0 Å². The number of rotatable bonds is 5. The standard InChI is InChI=1S/C14H21F2N3/c15-13-4-3-12(11-14(13)16)19-9-7-18(8-10-19)6-2-1-5-17/h3-4,11H,1-2,5-10,17H2. The highest BCUT2D eigenvalue weighted by molar-refractivity contribution is 5.47. The molecule has 0 aliphatic carbocycles. The Balaban J connectivity index is 1.84. The first-order valence-electron chi connectivity index (χ1n) is 6.83. The van der Waals surface area contributed by atoms with Gasteiger partial charge in [-0.05, 0) is 38.1 Å². The predicted molar refractivity (Wildman–Crippen MR) is 73.3 cm³/mol. The third-order valence-electron chi connectivity index (χ3n) is 3.57. The van der Waals surface area contributed by atoms with Gasteiger partial charge in [-0.15, -0.1) is 0 Å². The number of anilines is 1. The van der Waals surface area contributed by atoms with E-state index in [1.807, 2.05) is 0 Å². The van der Waals surface area contributed by atoms with E-state index in [2.05, 4.69) is 9.80 Å². The number of hydrogen-bond donors (Lipinski definition) is 1. The first-order chi connectivity index (χ1) is 9.20. The van der Waals surface area contributed by atoms with Crippen molar-refractivity contribution in [3.05, 3.63) is 29.8 Å². The Hall–Kier alpha value is -1.20. The number of unbranched alkanes of at least 4 members (excludes halogenated alkanes) is 1. The maximum absolute atomic E-state index is 13.2. The smallest absolute Gasteiger partial charge is 0.160 e. The van der Waals surface area contributed by atoms with Crippen molar-refractivity contribution in [3.63, 3.8) is 0 Å². The van der Waals surface area contributed by atoms with Crippen LogP contribution in [0.5, 0.6) is 0 Å². The number of benzene rings is 1. The van der Waals surface area contributed by atoms with Gasteiger partial charge in [-0.1, -0.05) is 0 Å². The number of halogens is 2. The van der Waals surface area contributed by atoms with Crippen molar-refractivity contribution >= 4 is 5.69 Å². The van der Waals surface area contributed by atoms with E-state index in [0.29, 0.717) is 0 Å². The summed E-state index contributed by atoms with van der Waals surface area (Å²) in [6, 6.07) is 4.11. The highest BCUT2D eigenvalue weighted by Crippen LogP contribution is 2.19. The van der Waals surface area contributed by atoms with Crippen LogP contribution in [0.25, 0.3) is 0 Å². The lowest BCUT2D eigenvalue weighted by atomic mass is 10.2. The molecule has 0 aromatic heterocycles. The highest BCUT2D eigenvalue weighted by Gasteiger charge is 2.17. The summed E-state index contributed by atoms with van der Waals surface area (Å²) in [5, 5.41) is 0. The van der Waals surface area contributed by atoms with E-state index < -0.39 is 11.6 Å². The first kappa shape index (κ1) is 14.2. The Bertz CT molecular complexity index is 404. The second-order valence-corrected chi connectivity index (χ2v) is 4.92. The monoisotopic (exact) mass is 269 g/mol. The predicted octanol–water partition coefficient (Wildman–Crippen LogP) is 1.83. The molecule has 1 aliphatic heterocycles. The Morgan fingerprint density at radius 2 is 1.74 bits per heavy atom. The molecule has 0 bridgehead atoms. The van der Waals surface area contributed by atoms with Gasteiger partial charge in [-0.3, -0.25) is 4.90 Å². The van der Waals surface area contributed by atoms with Crippen LogP contribution in [0.2, 0.25) is 0 Å². The fourth-order valence-electron chi connectivity index (χ4n) is 2.39. The van der Waals surface area contributed by atoms with Crippen LogP contribution in [0.3, 0.4) is 0 Å². The first-order valence-corrected chi connectivity index (χ1v) is 6.83. The maximum Gasteiger partial charge on any atom is 0.160 e. The minimum atomic E-state index is -0.788. The molecular formula is C14H21F2N3. The minimum Gasteiger partial charge on any atom is -0.369 e. The van der Waals surface area contributed by atoms with E-state index in [1.54, 1.807) is 6.07 Å². The molecule has 106 valence electrons. The Morgan fingerprint density at radius 1 is 1.00 bits per heavy atom. The van der Waals surface area contributed by atoms with Crippen molar-refractivity contribution in [1.29, 1.82) is 0 Å². The zero-order valence-corrected chi connectivity index (χ0v) is 11.1. The SMILES string of the molecule is NCCCCN1CCN(c2ccc(F)c(F)c2)CC1. The summed E-state index contributed by atoms with van der Waals surface area (Å²) in [7, 11) is 0. The van der Waals surface area contributed by atoms with Crippen molar-refractivity contribution in [3.8, 4) is 0 Å². The molecule has 0 radical (unpaired) electrons. The second kappa shape index (κ2) is 6.82. The Kier molecular flexibility index (Phi) is 5.10. The van der Waals surface area contributed by atoms with Crippen molar-refractivity contribution in [2.75, 3.05) is 44.2 Å². The van der Waals surface area contributed by atoms with Crippen LogP contribution in [-0.2, 0) is 0 Å². The lowest BCUT2D eigenvalue weighted by Crippen LogP contribution is -2.46. The number of hydrogen-bond acceptors (Lipinski definition) is 3. The molecule has 0 unspecified atom stereocenters. The van der Waals surface area contributed by atoms with Gasteiger partial charge >= 0.3 is 0 Å². The van der Waals surface area contributed by atoms with Crippen molar-refractivity contribution < 1.29 is 8.78 Å². The van der Waals surface area contributed by atoms with Crippen LogP contribution in [0.4, 0.5) is 14.5 Å². The quantitative estimate of drug-likeness (QED) is 0.828. The largest absolute Gasteiger partial charge is 0.369 e. The molecule has 1 aliphatic rings. The summed E-state index contributed by atoms with van der Waals surface area (Å²) >= 11 is 0. The minimum absolute atomic E-state index is 0.745. The number of nitrogens with two attached hydrogens (primary N) is 1. The molecule has 0 saturated carbocycles. The highest BCUT2D eigenvalue weighted by atomic mass is 19.2. The fraction of sp³-hybridized carbons (Fsp3) is 0.571. The average molecular weight is 269 g/mol. The number of nitrogens with zero attached hydrogens (tertiary/aromatic N) is 2. The Morgan fingerprint density at radius 3 is 2.37 bits per heavy atom. The Labute approximate surface area is 113 Å². The second-order valence-electron chi connectivity index (χ2n) is 4.92. The molecule has 5 heteroatoms. The summed E-state index contributed by atoms with van der Waals surface area (Å²) < 4.78 is 26.1. The lowest BCUT2D eigenvalue weighted by Gasteiger charge is -2.36. The van der Waals surface area contributed by atoms with Gasteiger partial charge in [0.25, 0.3) is 0 Å². The molecule has 1 heterocycles. The molecular weight excluding hydrogens is 248 g/mol. The molecule has 2 N–H and O–H groups in total. The van der Waals surface area contributed by atoms with E-state index in [9.17, 15) is 8.78 Å². The van der Waals surface area contributed by atoms with Gasteiger partial charge < -0.3 is 10.6 Å². The molecule has 0 amide bonds. The fourth-order valence-corrected chi connectivity index (χ4v) is 2.39. The zero-order valence-electron chi connectivity index (χ0n) is 11.1. The topological polar surface area (TPSA) is 32.5 Å². The molecule has 0 atom stereocenters. The van der Waals surface area contributed by atoms with Gasteiger partial charge in [0.1, 0.15) is 0 Å². The third-order valence-corrected chi connectivity index (χ3v) is 3.57. The lowest BCUT2D eigenvalue weighted by molar-refractivity contribution is 0.253. The third kappa shape index (κ3) is 3.88. The van der Waals surface area contributed by atoms with Crippen LogP contribution >= 0.6 is 0 Å². The molecule has 19 heavy (non-hydrogen) atoms. The van der Waals surface area contributed by atoms with Crippen molar-refractivity contribution in [2.45, 2.75) is 12.8 Å². The summed E-state index contributed by atoms with van der Waals surface area (Å²) in [5.41, 5.74) is 6.24. The molecule has 1 aromatic rings. The molecule has 1 fully saturated rings. The zero-order chi connectivity index (χ0) is 13.7. The van der Waals surface area contributed by atoms with Crippen molar-refractivity contribution in [2.24, 2.45) is 5.73 Å². The van der Waals surface area contributed by atoms with Gasteiger partial charge in [-0.25, -0.2) is 8.78 Å². The van der Waals surface area contributed by atoms with Gasteiger partial charge in [-0.2, -0.15) is 0 Å². The molecule has 0 spiro atoms. The van der Waals surface area contributed by atoms with E-state index >= 15 is 0 Å². The molecule has 1 aromatic carbocycles. The van der Waals surface area contributed by atoms with Crippen molar-refractivity contribution in [1.82, 2.24) is 4.90 Å². The van der Waals surface area contributed by atoms with E-state index in [0.717, 1.165) is 57.8 Å². The number of piperazine rings is 1. The summed E-state index contributed by atoms with van der Waals surface area (Å²) in [6.45, 7) is 5.45. The molecule has 1 saturated heterocycles. The van der Waals surface area contributed by atoms with Gasteiger partial charge in [0.05, 0.1) is 0 Å². The van der Waals surface area contributed by atoms with E-state index in [1.165, 1.54) is 12.1 Å². The van der Waals surface area contributed by atoms with Crippen LogP contribution in [0.1, 0.15) is 12.8 Å². The average Bonchev–Trinajstić information content (AvgIpc) is 2.43. The summed E-state index contributed by atoms with van der Waals surface area (Å²) in [4.78, 5) is 4.49. The molecule has 3 nitrogen and oxygen atoms in total. The van der Waals surface area contributed by atoms with Crippen LogP contribution < -0.4 is 10.6 Å². The normalized spacial score (nSPS) is 16.9. The summed E-state index contributed by atoms with van der Waals surface area (Å²) in [5.74, 6) is -1.56. The van der Waals surface area contributed by atoms with Crippen LogP contribution in [0, 0.1) is 11.6 Å². The van der Waals surface area contributed by atoms with Gasteiger partial charge in [0.15, 0.2) is 11.6 Å². The van der Waals surface area contributed by atoms with Gasteiger partial charge in [0, 0.05) is 37.9 Å². The van der Waals surface area contributed by atoms with E-state index in [4.69, 9.17) is 5.73 Å². The van der Waals surface area contributed by atoms with Gasteiger partial charge in [0.2, 0.25) is 0 Å². The van der Waals surface area contributed by atoms with Crippen LogP contribution in [-0.4, -0.2) is 44.2 Å².